The number of anilines is 1. The molecule has 0 fully saturated rings. The lowest BCUT2D eigenvalue weighted by Crippen LogP contribution is -2.12. The highest BCUT2D eigenvalue weighted by molar-refractivity contribution is 7.89. The number of hydrogen-bond acceptors (Lipinski definition) is 4. The molecule has 0 atom stereocenters. The van der Waals surface area contributed by atoms with Gasteiger partial charge in [0, 0.05) is 12.2 Å². The summed E-state index contributed by atoms with van der Waals surface area (Å²) in [5, 5.41) is 8.34. The van der Waals surface area contributed by atoms with E-state index in [9.17, 15) is 8.42 Å². The maximum absolute atomic E-state index is 11.3. The summed E-state index contributed by atoms with van der Waals surface area (Å²) in [6, 6.07) is 22.5. The molecule has 0 aliphatic carbocycles. The zero-order chi connectivity index (χ0) is 19.3. The average molecular weight is 382 g/mol. The van der Waals surface area contributed by atoms with Crippen LogP contribution in [0.25, 0.3) is 0 Å². The predicted molar refractivity (Wildman–Crippen MR) is 107 cm³/mol. The van der Waals surface area contributed by atoms with Crippen molar-refractivity contribution >= 4 is 15.7 Å². The number of benzene rings is 3. The lowest BCUT2D eigenvalue weighted by molar-refractivity contribution is 0.306. The van der Waals surface area contributed by atoms with Crippen LogP contribution < -0.4 is 15.2 Å². The lowest BCUT2D eigenvalue weighted by Gasteiger charge is -2.09. The Hall–Kier alpha value is -2.83. The minimum Gasteiger partial charge on any atom is -0.489 e. The maximum atomic E-state index is 11.3. The molecule has 3 rings (SSSR count). The minimum absolute atomic E-state index is 0.100. The first kappa shape index (κ1) is 18.9. The van der Waals surface area contributed by atoms with Crippen molar-refractivity contribution in [3.8, 4) is 5.75 Å². The van der Waals surface area contributed by atoms with Crippen LogP contribution >= 0.6 is 0 Å². The SMILES string of the molecule is Cc1ccc(COc2ccc(CNc3ccc(S(N)(=O)=O)cc3)cc2)cc1. The summed E-state index contributed by atoms with van der Waals surface area (Å²) in [6.07, 6.45) is 0. The van der Waals surface area contributed by atoms with E-state index in [4.69, 9.17) is 9.88 Å². The molecule has 3 aromatic carbocycles. The van der Waals surface area contributed by atoms with Gasteiger partial charge in [0.25, 0.3) is 0 Å². The van der Waals surface area contributed by atoms with E-state index in [1.807, 2.05) is 24.3 Å². The molecule has 140 valence electrons. The molecular weight excluding hydrogens is 360 g/mol. The molecule has 3 aromatic rings. The van der Waals surface area contributed by atoms with Gasteiger partial charge < -0.3 is 10.1 Å². The normalized spacial score (nSPS) is 11.2. The van der Waals surface area contributed by atoms with Crippen LogP contribution in [0.4, 0.5) is 5.69 Å². The number of nitrogens with one attached hydrogen (secondary N) is 1. The van der Waals surface area contributed by atoms with E-state index in [2.05, 4.69) is 36.5 Å². The quantitative estimate of drug-likeness (QED) is 0.651. The van der Waals surface area contributed by atoms with Gasteiger partial charge >= 0.3 is 0 Å². The van der Waals surface area contributed by atoms with Crippen LogP contribution in [-0.2, 0) is 23.2 Å². The Balaban J connectivity index is 1.52. The highest BCUT2D eigenvalue weighted by Gasteiger charge is 2.06. The molecule has 0 aliphatic heterocycles. The van der Waals surface area contributed by atoms with Gasteiger partial charge in [-0.05, 0) is 54.4 Å². The second-order valence-corrected chi connectivity index (χ2v) is 7.90. The zero-order valence-electron chi connectivity index (χ0n) is 15.1. The molecule has 0 saturated heterocycles. The van der Waals surface area contributed by atoms with Gasteiger partial charge in [-0.1, -0.05) is 42.0 Å². The Labute approximate surface area is 159 Å². The monoisotopic (exact) mass is 382 g/mol. The number of aryl methyl sites for hydroxylation is 1. The summed E-state index contributed by atoms with van der Waals surface area (Å²) < 4.78 is 28.3. The Morgan fingerprint density at radius 1 is 0.852 bits per heavy atom. The van der Waals surface area contributed by atoms with Gasteiger partial charge in [0.05, 0.1) is 4.90 Å². The Morgan fingerprint density at radius 3 is 2.04 bits per heavy atom. The lowest BCUT2D eigenvalue weighted by atomic mass is 10.2. The van der Waals surface area contributed by atoms with Crippen LogP contribution in [0.5, 0.6) is 5.75 Å². The second-order valence-electron chi connectivity index (χ2n) is 6.34. The van der Waals surface area contributed by atoms with E-state index in [1.54, 1.807) is 12.1 Å². The van der Waals surface area contributed by atoms with Crippen molar-refractivity contribution in [1.29, 1.82) is 0 Å². The molecule has 0 radical (unpaired) electrons. The number of primary sulfonamides is 1. The first-order valence-electron chi connectivity index (χ1n) is 8.54. The van der Waals surface area contributed by atoms with Gasteiger partial charge in [-0.25, -0.2) is 13.6 Å². The maximum Gasteiger partial charge on any atom is 0.238 e. The van der Waals surface area contributed by atoms with E-state index in [0.717, 1.165) is 22.6 Å². The topological polar surface area (TPSA) is 81.4 Å². The number of hydrogen-bond donors (Lipinski definition) is 2. The van der Waals surface area contributed by atoms with Crippen molar-refractivity contribution in [3.05, 3.63) is 89.5 Å². The van der Waals surface area contributed by atoms with Crippen molar-refractivity contribution in [2.24, 2.45) is 5.14 Å². The van der Waals surface area contributed by atoms with Crippen LogP contribution in [0.1, 0.15) is 16.7 Å². The number of rotatable bonds is 7. The van der Waals surface area contributed by atoms with Crippen molar-refractivity contribution in [2.75, 3.05) is 5.32 Å². The average Bonchev–Trinajstić information content (AvgIpc) is 2.66. The third-order valence-electron chi connectivity index (χ3n) is 4.13. The number of sulfonamides is 1. The Morgan fingerprint density at radius 2 is 1.44 bits per heavy atom. The van der Waals surface area contributed by atoms with Crippen LogP contribution in [0.15, 0.2) is 77.7 Å². The van der Waals surface area contributed by atoms with Crippen molar-refractivity contribution in [3.63, 3.8) is 0 Å². The molecule has 3 N–H and O–H groups in total. The number of ether oxygens (including phenoxy) is 1. The molecule has 0 bridgehead atoms. The molecule has 0 unspecified atom stereocenters. The Kier molecular flexibility index (Phi) is 5.78. The molecule has 0 spiro atoms. The molecule has 0 saturated carbocycles. The zero-order valence-corrected chi connectivity index (χ0v) is 15.9. The summed E-state index contributed by atoms with van der Waals surface area (Å²) >= 11 is 0. The number of nitrogens with two attached hydrogens (primary N) is 1. The van der Waals surface area contributed by atoms with Crippen molar-refractivity contribution < 1.29 is 13.2 Å². The van der Waals surface area contributed by atoms with Gasteiger partial charge in [-0.3, -0.25) is 0 Å². The summed E-state index contributed by atoms with van der Waals surface area (Å²) in [7, 11) is -3.66. The van der Waals surface area contributed by atoms with Gasteiger partial charge in [-0.15, -0.1) is 0 Å². The molecule has 0 aromatic heterocycles. The smallest absolute Gasteiger partial charge is 0.238 e. The Bertz CT molecular complexity index is 981. The van der Waals surface area contributed by atoms with Gasteiger partial charge in [-0.2, -0.15) is 0 Å². The van der Waals surface area contributed by atoms with Crippen molar-refractivity contribution in [2.45, 2.75) is 25.0 Å². The van der Waals surface area contributed by atoms with E-state index >= 15 is 0 Å². The molecule has 0 heterocycles. The highest BCUT2D eigenvalue weighted by atomic mass is 32.2. The molecule has 0 amide bonds. The minimum atomic E-state index is -3.66. The fourth-order valence-electron chi connectivity index (χ4n) is 2.52. The first-order chi connectivity index (χ1) is 12.9. The van der Waals surface area contributed by atoms with Gasteiger partial charge in [0.2, 0.25) is 10.0 Å². The van der Waals surface area contributed by atoms with E-state index in [1.165, 1.54) is 17.7 Å². The predicted octanol–water partition coefficient (Wildman–Crippen LogP) is 3.83. The van der Waals surface area contributed by atoms with Crippen LogP contribution in [0.3, 0.4) is 0 Å². The molecule has 6 heteroatoms. The van der Waals surface area contributed by atoms with Crippen LogP contribution in [-0.4, -0.2) is 8.42 Å². The fraction of sp³-hybridized carbons (Fsp3) is 0.143. The third kappa shape index (κ3) is 5.57. The molecule has 0 aliphatic rings. The largest absolute Gasteiger partial charge is 0.489 e. The second kappa shape index (κ2) is 8.24. The van der Waals surface area contributed by atoms with Gasteiger partial charge in [0.15, 0.2) is 0 Å². The van der Waals surface area contributed by atoms with E-state index < -0.39 is 10.0 Å². The molecule has 27 heavy (non-hydrogen) atoms. The third-order valence-corrected chi connectivity index (χ3v) is 5.06. The van der Waals surface area contributed by atoms with E-state index in [0.29, 0.717) is 13.2 Å². The standard InChI is InChI=1S/C21H22N2O3S/c1-16-2-4-18(5-3-16)15-26-20-10-6-17(7-11-20)14-23-19-8-12-21(13-9-19)27(22,24)25/h2-13,23H,14-15H2,1H3,(H2,22,24,25). The summed E-state index contributed by atoms with van der Waals surface area (Å²) in [5.41, 5.74) is 4.28. The fourth-order valence-corrected chi connectivity index (χ4v) is 3.04. The molecule has 5 nitrogen and oxygen atoms in total. The summed E-state index contributed by atoms with van der Waals surface area (Å²) in [6.45, 7) is 3.22. The van der Waals surface area contributed by atoms with Gasteiger partial charge in [0.1, 0.15) is 12.4 Å². The summed E-state index contributed by atoms with van der Waals surface area (Å²) in [5.74, 6) is 0.817. The van der Waals surface area contributed by atoms with Crippen LogP contribution in [0.2, 0.25) is 0 Å². The van der Waals surface area contributed by atoms with Crippen LogP contribution in [0, 0.1) is 6.92 Å². The summed E-state index contributed by atoms with van der Waals surface area (Å²) in [4.78, 5) is 0.100. The highest BCUT2D eigenvalue weighted by Crippen LogP contribution is 2.17. The van der Waals surface area contributed by atoms with E-state index in [-0.39, 0.29) is 4.90 Å². The first-order valence-corrected chi connectivity index (χ1v) is 10.1. The van der Waals surface area contributed by atoms with Crippen molar-refractivity contribution in [1.82, 2.24) is 0 Å². The molecular formula is C21H22N2O3S.